The average molecular weight is 375 g/mol. The molecule has 0 aliphatic heterocycles. The number of nitrogens with one attached hydrogen (secondary N) is 1. The van der Waals surface area contributed by atoms with Gasteiger partial charge in [-0.25, -0.2) is 9.37 Å². The molecule has 2 aromatic rings. The highest BCUT2D eigenvalue weighted by Gasteiger charge is 2.14. The summed E-state index contributed by atoms with van der Waals surface area (Å²) < 4.78 is 33.0. The molecule has 0 unspecified atom stereocenters. The number of allylic oxidation sites excluding steroid dienone is 1. The van der Waals surface area contributed by atoms with E-state index in [0.29, 0.717) is 6.61 Å². The van der Waals surface area contributed by atoms with Crippen molar-refractivity contribution in [3.8, 4) is 5.75 Å². The minimum Gasteiger partial charge on any atom is -0.491 e. The van der Waals surface area contributed by atoms with Gasteiger partial charge in [0.05, 0.1) is 12.2 Å². The Hall–Kier alpha value is -2.96. The molecule has 1 amide bonds. The molecule has 0 radical (unpaired) electrons. The number of unbranched alkanes of at least 4 members (excludes halogenated alkanes) is 3. The van der Waals surface area contributed by atoms with Crippen LogP contribution in [0.5, 0.6) is 5.75 Å². The third-order valence-electron chi connectivity index (χ3n) is 3.93. The Morgan fingerprint density at radius 1 is 1.22 bits per heavy atom. The molecular formula is C20H23F2N3O2. The monoisotopic (exact) mass is 375 g/mol. The topological polar surface area (TPSA) is 77.2 Å². The second kappa shape index (κ2) is 10.3. The zero-order valence-corrected chi connectivity index (χ0v) is 15.0. The number of nitrogen functional groups attached to an aromatic ring is 1. The summed E-state index contributed by atoms with van der Waals surface area (Å²) in [4.78, 5) is 15.5. The molecule has 5 nitrogen and oxygen atoms in total. The molecule has 27 heavy (non-hydrogen) atoms. The summed E-state index contributed by atoms with van der Waals surface area (Å²) in [6.07, 6.45) is 5.66. The molecule has 144 valence electrons. The first-order valence-electron chi connectivity index (χ1n) is 8.74. The number of benzene rings is 1. The van der Waals surface area contributed by atoms with Crippen molar-refractivity contribution in [2.75, 3.05) is 12.3 Å². The molecule has 0 saturated heterocycles. The maximum absolute atomic E-state index is 14.5. The van der Waals surface area contributed by atoms with Crippen LogP contribution < -0.4 is 15.8 Å². The number of pyridine rings is 1. The summed E-state index contributed by atoms with van der Waals surface area (Å²) in [6.45, 7) is 4.03. The van der Waals surface area contributed by atoms with Crippen molar-refractivity contribution in [3.05, 3.63) is 65.9 Å². The van der Waals surface area contributed by atoms with Gasteiger partial charge in [0, 0.05) is 12.1 Å². The minimum atomic E-state index is -0.774. The molecule has 2 rings (SSSR count). The van der Waals surface area contributed by atoms with Crippen LogP contribution in [0.25, 0.3) is 0 Å². The van der Waals surface area contributed by atoms with Gasteiger partial charge >= 0.3 is 0 Å². The predicted octanol–water partition coefficient (Wildman–Crippen LogP) is 4.00. The molecule has 3 N–H and O–H groups in total. The van der Waals surface area contributed by atoms with Crippen LogP contribution in [0.1, 0.15) is 41.6 Å². The molecule has 0 fully saturated rings. The Bertz CT molecular complexity index is 797. The van der Waals surface area contributed by atoms with Crippen LogP contribution in [0.15, 0.2) is 43.0 Å². The van der Waals surface area contributed by atoms with E-state index in [4.69, 9.17) is 10.5 Å². The molecular weight excluding hydrogens is 352 g/mol. The molecule has 1 aromatic carbocycles. The molecule has 1 heterocycles. The summed E-state index contributed by atoms with van der Waals surface area (Å²) in [5.74, 6) is -1.93. The van der Waals surface area contributed by atoms with Gasteiger partial charge < -0.3 is 15.8 Å². The number of rotatable bonds is 10. The van der Waals surface area contributed by atoms with Gasteiger partial charge in [0.15, 0.2) is 11.6 Å². The lowest BCUT2D eigenvalue weighted by Gasteiger charge is -2.11. The van der Waals surface area contributed by atoms with Crippen molar-refractivity contribution >= 4 is 11.7 Å². The quantitative estimate of drug-likeness (QED) is 0.374. The number of halogens is 2. The number of ether oxygens (including phenoxy) is 1. The second-order valence-corrected chi connectivity index (χ2v) is 5.97. The Kier molecular flexibility index (Phi) is 7.73. The Balaban J connectivity index is 1.91. The van der Waals surface area contributed by atoms with Crippen LogP contribution in [0.3, 0.4) is 0 Å². The fraction of sp³-hybridized carbons (Fsp3) is 0.300. The number of nitrogens with two attached hydrogens (primary N) is 1. The van der Waals surface area contributed by atoms with E-state index in [-0.39, 0.29) is 29.2 Å². The summed E-state index contributed by atoms with van der Waals surface area (Å²) >= 11 is 0. The van der Waals surface area contributed by atoms with Gasteiger partial charge in [-0.3, -0.25) is 4.79 Å². The van der Waals surface area contributed by atoms with E-state index in [2.05, 4.69) is 16.9 Å². The van der Waals surface area contributed by atoms with Crippen molar-refractivity contribution in [3.63, 3.8) is 0 Å². The normalized spacial score (nSPS) is 10.4. The number of amides is 1. The van der Waals surface area contributed by atoms with Gasteiger partial charge in [0.2, 0.25) is 5.95 Å². The smallest absolute Gasteiger partial charge is 0.255 e. The standard InChI is InChI=1S/C20H23F2N3O2/c1-2-3-4-5-6-12-27-16-9-7-8-14(18(16)22)13-24-20(26)15-10-11-17(21)25-19(15)23/h2,7-11H,1,3-6,12-13H2,(H2,23,25)(H,24,26). The summed E-state index contributed by atoms with van der Waals surface area (Å²) in [6, 6.07) is 7.03. The summed E-state index contributed by atoms with van der Waals surface area (Å²) in [5.41, 5.74) is 5.84. The van der Waals surface area contributed by atoms with Gasteiger partial charge in [-0.05, 0) is 43.9 Å². The van der Waals surface area contributed by atoms with E-state index in [0.717, 1.165) is 31.7 Å². The van der Waals surface area contributed by atoms with Crippen LogP contribution in [0.4, 0.5) is 14.6 Å². The van der Waals surface area contributed by atoms with Crippen molar-refractivity contribution in [1.82, 2.24) is 10.3 Å². The minimum absolute atomic E-state index is 0.0312. The highest BCUT2D eigenvalue weighted by atomic mass is 19.1. The van der Waals surface area contributed by atoms with Crippen molar-refractivity contribution in [2.45, 2.75) is 32.2 Å². The lowest BCUT2D eigenvalue weighted by atomic mass is 10.1. The van der Waals surface area contributed by atoms with Gasteiger partial charge in [-0.2, -0.15) is 4.39 Å². The van der Waals surface area contributed by atoms with E-state index in [1.54, 1.807) is 18.2 Å². The number of carbonyl (C=O) groups is 1. The molecule has 0 aliphatic carbocycles. The van der Waals surface area contributed by atoms with Crippen LogP contribution >= 0.6 is 0 Å². The number of aromatic nitrogens is 1. The molecule has 0 saturated carbocycles. The third kappa shape index (κ3) is 6.06. The zero-order chi connectivity index (χ0) is 19.6. The summed E-state index contributed by atoms with van der Waals surface area (Å²) in [7, 11) is 0. The Morgan fingerprint density at radius 2 is 2.04 bits per heavy atom. The van der Waals surface area contributed by atoms with E-state index in [1.807, 2.05) is 6.08 Å². The molecule has 0 aliphatic rings. The Morgan fingerprint density at radius 3 is 2.78 bits per heavy atom. The highest BCUT2D eigenvalue weighted by molar-refractivity contribution is 5.98. The van der Waals surface area contributed by atoms with Crippen LogP contribution in [-0.2, 0) is 6.54 Å². The lowest BCUT2D eigenvalue weighted by Crippen LogP contribution is -2.25. The van der Waals surface area contributed by atoms with Gasteiger partial charge in [0.1, 0.15) is 5.82 Å². The summed E-state index contributed by atoms with van der Waals surface area (Å²) in [5, 5.41) is 2.55. The molecule has 0 bridgehead atoms. The number of nitrogens with zero attached hydrogens (tertiary/aromatic N) is 1. The van der Waals surface area contributed by atoms with E-state index < -0.39 is 17.7 Å². The maximum Gasteiger partial charge on any atom is 0.255 e. The molecule has 1 aromatic heterocycles. The highest BCUT2D eigenvalue weighted by Crippen LogP contribution is 2.21. The second-order valence-electron chi connectivity index (χ2n) is 5.97. The molecule has 0 atom stereocenters. The van der Waals surface area contributed by atoms with E-state index >= 15 is 0 Å². The van der Waals surface area contributed by atoms with Crippen LogP contribution in [0, 0.1) is 11.8 Å². The van der Waals surface area contributed by atoms with Crippen molar-refractivity contribution < 1.29 is 18.3 Å². The van der Waals surface area contributed by atoms with E-state index in [1.165, 1.54) is 6.07 Å². The maximum atomic E-state index is 14.5. The number of anilines is 1. The van der Waals surface area contributed by atoms with Gasteiger partial charge in [-0.1, -0.05) is 18.2 Å². The largest absolute Gasteiger partial charge is 0.491 e. The fourth-order valence-corrected chi connectivity index (χ4v) is 2.47. The lowest BCUT2D eigenvalue weighted by molar-refractivity contribution is 0.0951. The fourth-order valence-electron chi connectivity index (χ4n) is 2.47. The SMILES string of the molecule is C=CCCCCCOc1cccc(CNC(=O)c2ccc(F)nc2N)c1F. The third-order valence-corrected chi connectivity index (χ3v) is 3.93. The predicted molar refractivity (Wildman–Crippen MR) is 100 cm³/mol. The molecule has 7 heteroatoms. The zero-order valence-electron chi connectivity index (χ0n) is 15.0. The van der Waals surface area contributed by atoms with Crippen LogP contribution in [-0.4, -0.2) is 17.5 Å². The van der Waals surface area contributed by atoms with Crippen molar-refractivity contribution in [2.24, 2.45) is 0 Å². The average Bonchev–Trinajstić information content (AvgIpc) is 2.64. The molecule has 0 spiro atoms. The number of carbonyl (C=O) groups excluding carboxylic acids is 1. The van der Waals surface area contributed by atoms with Crippen molar-refractivity contribution in [1.29, 1.82) is 0 Å². The van der Waals surface area contributed by atoms with Gasteiger partial charge in [0.25, 0.3) is 5.91 Å². The Labute approximate surface area is 157 Å². The number of hydrogen-bond donors (Lipinski definition) is 2. The first-order chi connectivity index (χ1) is 13.0. The van der Waals surface area contributed by atoms with Gasteiger partial charge in [-0.15, -0.1) is 6.58 Å². The number of hydrogen-bond acceptors (Lipinski definition) is 4. The first kappa shape index (κ1) is 20.4. The first-order valence-corrected chi connectivity index (χ1v) is 8.74. The van der Waals surface area contributed by atoms with Crippen LogP contribution in [0.2, 0.25) is 0 Å². The van der Waals surface area contributed by atoms with E-state index in [9.17, 15) is 13.6 Å².